The number of anilines is 1. The number of hydrogen-bond donors (Lipinski definition) is 1. The molecule has 6 heteroatoms. The smallest absolute Gasteiger partial charge is 0.234 e. The molecular weight excluding hydrogens is 460 g/mol. The number of nitrogens with one attached hydrogen (secondary N) is 1. The van der Waals surface area contributed by atoms with Gasteiger partial charge in [-0.3, -0.25) is 14.9 Å². The quantitative estimate of drug-likeness (QED) is 0.305. The number of amides is 1. The van der Waals surface area contributed by atoms with Crippen molar-refractivity contribution < 1.29 is 9.53 Å². The Labute approximate surface area is 218 Å². The molecule has 1 atom stereocenters. The van der Waals surface area contributed by atoms with Crippen molar-refractivity contribution in [3.63, 3.8) is 0 Å². The molecule has 37 heavy (non-hydrogen) atoms. The highest BCUT2D eigenvalue weighted by atomic mass is 16.5. The van der Waals surface area contributed by atoms with Gasteiger partial charge in [0.1, 0.15) is 12.4 Å². The zero-order valence-corrected chi connectivity index (χ0v) is 21.8. The number of ether oxygens (including phenoxy) is 1. The van der Waals surface area contributed by atoms with Crippen molar-refractivity contribution >= 4 is 11.6 Å². The van der Waals surface area contributed by atoms with E-state index in [-0.39, 0.29) is 11.8 Å². The van der Waals surface area contributed by atoms with Crippen molar-refractivity contribution in [2.45, 2.75) is 65.0 Å². The van der Waals surface area contributed by atoms with Gasteiger partial charge in [-0.05, 0) is 72.6 Å². The molecule has 1 aliphatic rings. The molecule has 1 amide bonds. The van der Waals surface area contributed by atoms with Crippen LogP contribution in [0.4, 0.5) is 5.69 Å². The van der Waals surface area contributed by atoms with E-state index in [9.17, 15) is 4.79 Å². The molecule has 0 spiro atoms. The molecule has 190 valence electrons. The average molecular weight is 495 g/mol. The lowest BCUT2D eigenvalue weighted by molar-refractivity contribution is -0.120. The summed E-state index contributed by atoms with van der Waals surface area (Å²) in [5.74, 6) is 1.06. The number of aryl methyl sites for hydroxylation is 1. The molecule has 0 saturated carbocycles. The Morgan fingerprint density at radius 2 is 1.92 bits per heavy atom. The zero-order chi connectivity index (χ0) is 25.8. The third kappa shape index (κ3) is 5.43. The van der Waals surface area contributed by atoms with Gasteiger partial charge in [-0.15, -0.1) is 0 Å². The van der Waals surface area contributed by atoms with Crippen molar-refractivity contribution in [3.05, 3.63) is 107 Å². The second-order valence-corrected chi connectivity index (χ2v) is 10.1. The monoisotopic (exact) mass is 494 g/mol. The molecule has 0 aliphatic heterocycles. The Balaban J connectivity index is 1.47. The Morgan fingerprint density at radius 3 is 2.62 bits per heavy atom. The second kappa shape index (κ2) is 11.0. The number of fused-ring (bicyclic) bond motifs is 1. The van der Waals surface area contributed by atoms with E-state index >= 15 is 0 Å². The van der Waals surface area contributed by atoms with Crippen LogP contribution in [0.3, 0.4) is 0 Å². The number of H-pyrrole nitrogens is 1. The van der Waals surface area contributed by atoms with Crippen molar-refractivity contribution in [3.8, 4) is 5.75 Å². The second-order valence-electron chi connectivity index (χ2n) is 10.1. The highest BCUT2D eigenvalue weighted by Crippen LogP contribution is 2.41. The maximum absolute atomic E-state index is 14.3. The van der Waals surface area contributed by atoms with Crippen molar-refractivity contribution in [1.29, 1.82) is 0 Å². The van der Waals surface area contributed by atoms with Crippen LogP contribution in [0.1, 0.15) is 72.0 Å². The summed E-state index contributed by atoms with van der Waals surface area (Å²) in [6, 6.07) is 18.4. The first kappa shape index (κ1) is 24.8. The molecule has 4 aromatic rings. The van der Waals surface area contributed by atoms with Gasteiger partial charge in [0.25, 0.3) is 0 Å². The third-order valence-electron chi connectivity index (χ3n) is 7.17. The lowest BCUT2D eigenvalue weighted by Crippen LogP contribution is -2.36. The van der Waals surface area contributed by atoms with E-state index in [2.05, 4.69) is 60.2 Å². The van der Waals surface area contributed by atoms with Gasteiger partial charge in [-0.25, -0.2) is 0 Å². The molecule has 2 aromatic carbocycles. The van der Waals surface area contributed by atoms with Gasteiger partial charge in [0.05, 0.1) is 30.5 Å². The lowest BCUT2D eigenvalue weighted by atomic mass is 9.79. The standard InChI is InChI=1S/C31H34N4O2/c1-21(2)28-14-13-25(18-32-28)35(19-24-16-33-34-17-24)31(36)27-11-7-10-26-29(15-12-22(3)30(26)27)37-20-23-8-5-4-6-9-23/h4-6,8-9,12-18,21,27H,7,10-11,19-20H2,1-3H3,(H,33,34). The summed E-state index contributed by atoms with van der Waals surface area (Å²) in [6.45, 7) is 7.29. The van der Waals surface area contributed by atoms with Crippen LogP contribution in [-0.2, 0) is 24.4 Å². The maximum atomic E-state index is 14.3. The largest absolute Gasteiger partial charge is 0.489 e. The number of aromatic amines is 1. The molecule has 1 aliphatic carbocycles. The summed E-state index contributed by atoms with van der Waals surface area (Å²) in [5, 5.41) is 6.96. The number of aromatic nitrogens is 3. The minimum atomic E-state index is -0.235. The number of benzene rings is 2. The molecular formula is C31H34N4O2. The number of hydrogen-bond acceptors (Lipinski definition) is 4. The van der Waals surface area contributed by atoms with E-state index in [1.165, 1.54) is 0 Å². The van der Waals surface area contributed by atoms with Gasteiger partial charge >= 0.3 is 0 Å². The van der Waals surface area contributed by atoms with Gasteiger partial charge in [0.15, 0.2) is 0 Å². The minimum Gasteiger partial charge on any atom is -0.489 e. The Bertz CT molecular complexity index is 1330. The molecule has 0 bridgehead atoms. The Morgan fingerprint density at radius 1 is 1.08 bits per heavy atom. The van der Waals surface area contributed by atoms with Gasteiger partial charge in [0.2, 0.25) is 5.91 Å². The van der Waals surface area contributed by atoms with Crippen molar-refractivity contribution in [2.75, 3.05) is 4.90 Å². The molecule has 1 unspecified atom stereocenters. The third-order valence-corrected chi connectivity index (χ3v) is 7.17. The van der Waals surface area contributed by atoms with Crippen LogP contribution in [0.25, 0.3) is 0 Å². The summed E-state index contributed by atoms with van der Waals surface area (Å²) in [6.07, 6.45) is 8.10. The first-order valence-electron chi connectivity index (χ1n) is 13.1. The van der Waals surface area contributed by atoms with Crippen LogP contribution in [0.15, 0.2) is 73.2 Å². The van der Waals surface area contributed by atoms with Gasteiger partial charge in [-0.1, -0.05) is 50.2 Å². The van der Waals surface area contributed by atoms with Gasteiger partial charge in [-0.2, -0.15) is 5.10 Å². The average Bonchev–Trinajstić information content (AvgIpc) is 3.45. The number of nitrogens with zero attached hydrogens (tertiary/aromatic N) is 3. The Kier molecular flexibility index (Phi) is 7.35. The summed E-state index contributed by atoms with van der Waals surface area (Å²) in [7, 11) is 0. The van der Waals surface area contributed by atoms with Crippen molar-refractivity contribution in [2.24, 2.45) is 0 Å². The van der Waals surface area contributed by atoms with Crippen LogP contribution >= 0.6 is 0 Å². The highest BCUT2D eigenvalue weighted by molar-refractivity contribution is 5.98. The molecule has 0 saturated heterocycles. The van der Waals surface area contributed by atoms with Crippen LogP contribution < -0.4 is 9.64 Å². The predicted octanol–water partition coefficient (Wildman–Crippen LogP) is 6.47. The molecule has 6 nitrogen and oxygen atoms in total. The first-order chi connectivity index (χ1) is 18.0. The topological polar surface area (TPSA) is 71.1 Å². The van der Waals surface area contributed by atoms with Crippen LogP contribution in [-0.4, -0.2) is 21.1 Å². The fraction of sp³-hybridized carbons (Fsp3) is 0.323. The van der Waals surface area contributed by atoms with E-state index in [0.717, 1.165) is 64.2 Å². The van der Waals surface area contributed by atoms with E-state index in [4.69, 9.17) is 4.74 Å². The van der Waals surface area contributed by atoms with Crippen LogP contribution in [0.2, 0.25) is 0 Å². The molecule has 0 fully saturated rings. The Hall–Kier alpha value is -3.93. The summed E-state index contributed by atoms with van der Waals surface area (Å²) < 4.78 is 6.29. The van der Waals surface area contributed by atoms with E-state index in [0.29, 0.717) is 19.1 Å². The summed E-state index contributed by atoms with van der Waals surface area (Å²) in [4.78, 5) is 20.8. The predicted molar refractivity (Wildman–Crippen MR) is 146 cm³/mol. The lowest BCUT2D eigenvalue weighted by Gasteiger charge is -2.32. The molecule has 2 aromatic heterocycles. The number of rotatable bonds is 8. The van der Waals surface area contributed by atoms with Gasteiger partial charge < -0.3 is 9.64 Å². The fourth-order valence-electron chi connectivity index (χ4n) is 5.18. The van der Waals surface area contributed by atoms with E-state index < -0.39 is 0 Å². The number of carbonyl (C=O) groups is 1. The van der Waals surface area contributed by atoms with E-state index in [1.54, 1.807) is 6.20 Å². The van der Waals surface area contributed by atoms with Crippen LogP contribution in [0.5, 0.6) is 5.75 Å². The SMILES string of the molecule is Cc1ccc(OCc2ccccc2)c2c1C(C(=O)N(Cc1cn[nH]c1)c1ccc(C(C)C)nc1)CCC2. The summed E-state index contributed by atoms with van der Waals surface area (Å²) >= 11 is 0. The number of pyridine rings is 1. The molecule has 0 radical (unpaired) electrons. The van der Waals surface area contributed by atoms with Crippen molar-refractivity contribution in [1.82, 2.24) is 15.2 Å². The molecule has 1 N–H and O–H groups in total. The van der Waals surface area contributed by atoms with E-state index in [1.807, 2.05) is 47.6 Å². The first-order valence-corrected chi connectivity index (χ1v) is 13.1. The zero-order valence-electron chi connectivity index (χ0n) is 21.8. The number of carbonyl (C=O) groups excluding carboxylic acids is 1. The molecule has 2 heterocycles. The maximum Gasteiger partial charge on any atom is 0.234 e. The highest BCUT2D eigenvalue weighted by Gasteiger charge is 2.34. The minimum absolute atomic E-state index is 0.0876. The molecule has 5 rings (SSSR count). The summed E-state index contributed by atoms with van der Waals surface area (Å²) in [5.41, 5.74) is 7.31. The fourth-order valence-corrected chi connectivity index (χ4v) is 5.18. The van der Waals surface area contributed by atoms with Gasteiger partial charge in [0, 0.05) is 17.5 Å². The normalized spacial score (nSPS) is 14.9. The van der Waals surface area contributed by atoms with Crippen LogP contribution in [0, 0.1) is 6.92 Å².